The summed E-state index contributed by atoms with van der Waals surface area (Å²) in [5.41, 5.74) is 4.24. The first-order chi connectivity index (χ1) is 8.83. The van der Waals surface area contributed by atoms with Gasteiger partial charge in [0.15, 0.2) is 0 Å². The molecule has 0 amide bonds. The van der Waals surface area contributed by atoms with Crippen molar-refractivity contribution in [3.63, 3.8) is 0 Å². The number of aryl methyl sites for hydroxylation is 1. The molecule has 0 N–H and O–H groups in total. The van der Waals surface area contributed by atoms with E-state index >= 15 is 0 Å². The minimum atomic E-state index is 0.454. The van der Waals surface area contributed by atoms with Gasteiger partial charge in [-0.15, -0.1) is 0 Å². The van der Waals surface area contributed by atoms with Crippen molar-refractivity contribution < 1.29 is 9.53 Å². The highest BCUT2D eigenvalue weighted by Crippen LogP contribution is 2.28. The summed E-state index contributed by atoms with van der Waals surface area (Å²) in [7, 11) is 0. The van der Waals surface area contributed by atoms with Crippen LogP contribution in [-0.4, -0.2) is 15.1 Å². The molecule has 3 aromatic rings. The van der Waals surface area contributed by atoms with Crippen molar-refractivity contribution in [2.75, 3.05) is 0 Å². The average Bonchev–Trinajstić information content (AvgIpc) is 2.78. The molecule has 0 saturated heterocycles. The highest BCUT2D eigenvalue weighted by Gasteiger charge is 2.30. The summed E-state index contributed by atoms with van der Waals surface area (Å²) >= 11 is 0. The van der Waals surface area contributed by atoms with Gasteiger partial charge >= 0.3 is 0 Å². The predicted molar refractivity (Wildman–Crippen MR) is 61.4 cm³/mol. The fraction of sp³-hybridized carbons (Fsp3) is 0.167. The standard InChI is InChI=1S/C12H8N4O2/c17-16-10-6-5-9-11(12(10)15-18-16)14-8-4-2-1-3-7(8)13-9/h1-4H,5-6H2. The van der Waals surface area contributed by atoms with Gasteiger partial charge in [0, 0.05) is 11.6 Å². The number of fused-ring (bicyclic) bond motifs is 4. The first-order valence-corrected chi connectivity index (χ1v) is 5.67. The molecule has 2 aromatic heterocycles. The summed E-state index contributed by atoms with van der Waals surface area (Å²) in [6.07, 6.45) is 1.27. The molecule has 6 nitrogen and oxygen atoms in total. The molecule has 1 aliphatic rings. The molecule has 4 rings (SSSR count). The molecule has 2 heterocycles. The first-order valence-electron chi connectivity index (χ1n) is 5.67. The van der Waals surface area contributed by atoms with Gasteiger partial charge in [0.2, 0.25) is 5.69 Å². The van der Waals surface area contributed by atoms with Crippen LogP contribution in [0, 0.1) is 5.21 Å². The molecular weight excluding hydrogens is 232 g/mol. The summed E-state index contributed by atoms with van der Waals surface area (Å²) in [4.78, 5) is 9.56. The topological polar surface area (TPSA) is 78.8 Å². The Morgan fingerprint density at radius 2 is 1.83 bits per heavy atom. The van der Waals surface area contributed by atoms with Gasteiger partial charge in [0.25, 0.3) is 5.69 Å². The van der Waals surface area contributed by atoms with E-state index in [1.807, 2.05) is 24.3 Å². The minimum Gasteiger partial charge on any atom is -0.359 e. The van der Waals surface area contributed by atoms with Crippen LogP contribution in [0.15, 0.2) is 28.9 Å². The van der Waals surface area contributed by atoms with Gasteiger partial charge in [-0.05, 0) is 23.5 Å². The number of hydrogen-bond donors (Lipinski definition) is 0. The molecule has 0 radical (unpaired) electrons. The highest BCUT2D eigenvalue weighted by molar-refractivity contribution is 5.78. The maximum absolute atomic E-state index is 11.4. The molecule has 0 saturated carbocycles. The van der Waals surface area contributed by atoms with E-state index in [1.54, 1.807) is 0 Å². The van der Waals surface area contributed by atoms with Crippen molar-refractivity contribution in [2.24, 2.45) is 0 Å². The molecule has 0 unspecified atom stereocenters. The van der Waals surface area contributed by atoms with Crippen molar-refractivity contribution in [2.45, 2.75) is 12.8 Å². The third kappa shape index (κ3) is 1.17. The lowest BCUT2D eigenvalue weighted by Gasteiger charge is -2.10. The van der Waals surface area contributed by atoms with E-state index in [0.29, 0.717) is 34.8 Å². The second-order valence-corrected chi connectivity index (χ2v) is 4.23. The van der Waals surface area contributed by atoms with Crippen LogP contribution in [0.1, 0.15) is 11.4 Å². The Morgan fingerprint density at radius 3 is 2.67 bits per heavy atom. The number of aromatic nitrogens is 4. The smallest absolute Gasteiger partial charge is 0.271 e. The SMILES string of the molecule is [O-][n+]1onc2c1CCc1nc3ccccc3nc1-2. The Bertz CT molecular complexity index is 766. The maximum atomic E-state index is 11.4. The quantitative estimate of drug-likeness (QED) is 0.548. The lowest BCUT2D eigenvalue weighted by Crippen LogP contribution is -2.30. The van der Waals surface area contributed by atoms with Crippen LogP contribution >= 0.6 is 0 Å². The third-order valence-electron chi connectivity index (χ3n) is 3.17. The van der Waals surface area contributed by atoms with Crippen LogP contribution in [0.3, 0.4) is 0 Å². The van der Waals surface area contributed by atoms with Crippen LogP contribution in [-0.2, 0) is 12.8 Å². The molecule has 0 fully saturated rings. The fourth-order valence-corrected chi connectivity index (χ4v) is 2.29. The maximum Gasteiger partial charge on any atom is 0.271 e. The lowest BCUT2D eigenvalue weighted by atomic mass is 10.0. The van der Waals surface area contributed by atoms with Crippen LogP contribution in [0.2, 0.25) is 0 Å². The molecule has 0 bridgehead atoms. The van der Waals surface area contributed by atoms with E-state index < -0.39 is 0 Å². The Hall–Kier alpha value is -2.50. The molecule has 18 heavy (non-hydrogen) atoms. The number of nitrogens with zero attached hydrogens (tertiary/aromatic N) is 4. The van der Waals surface area contributed by atoms with Crippen molar-refractivity contribution in [1.82, 2.24) is 15.1 Å². The summed E-state index contributed by atoms with van der Waals surface area (Å²) in [6, 6.07) is 7.65. The zero-order chi connectivity index (χ0) is 12.1. The Labute approximate surface area is 101 Å². The third-order valence-corrected chi connectivity index (χ3v) is 3.17. The molecule has 6 heteroatoms. The predicted octanol–water partition coefficient (Wildman–Crippen LogP) is 1.02. The van der Waals surface area contributed by atoms with E-state index in [9.17, 15) is 5.21 Å². The van der Waals surface area contributed by atoms with Crippen LogP contribution < -0.4 is 4.90 Å². The molecule has 0 spiro atoms. The Morgan fingerprint density at radius 1 is 1.06 bits per heavy atom. The minimum absolute atomic E-state index is 0.454. The number of rotatable bonds is 0. The zero-order valence-corrected chi connectivity index (χ0v) is 9.33. The van der Waals surface area contributed by atoms with Gasteiger partial charge in [-0.25, -0.2) is 9.97 Å². The van der Waals surface area contributed by atoms with Gasteiger partial charge in [-0.3, -0.25) is 4.63 Å². The van der Waals surface area contributed by atoms with Gasteiger partial charge < -0.3 is 5.21 Å². The highest BCUT2D eigenvalue weighted by atomic mass is 16.8. The van der Waals surface area contributed by atoms with Crippen molar-refractivity contribution >= 4 is 11.0 Å². The van der Waals surface area contributed by atoms with Gasteiger partial charge in [0.05, 0.1) is 16.7 Å². The normalized spacial score (nSPS) is 13.3. The number of benzene rings is 1. The largest absolute Gasteiger partial charge is 0.359 e. The van der Waals surface area contributed by atoms with Crippen molar-refractivity contribution in [1.29, 1.82) is 0 Å². The lowest BCUT2D eigenvalue weighted by molar-refractivity contribution is -0.807. The van der Waals surface area contributed by atoms with Gasteiger partial charge in [-0.1, -0.05) is 12.1 Å². The fourth-order valence-electron chi connectivity index (χ4n) is 2.29. The molecule has 88 valence electrons. The molecular formula is C12H8N4O2. The second kappa shape index (κ2) is 3.25. The summed E-state index contributed by atoms with van der Waals surface area (Å²) in [6.45, 7) is 0. The molecule has 1 aromatic carbocycles. The number of hydrogen-bond acceptors (Lipinski definition) is 5. The van der Waals surface area contributed by atoms with E-state index in [4.69, 9.17) is 0 Å². The second-order valence-electron chi connectivity index (χ2n) is 4.23. The van der Waals surface area contributed by atoms with Crippen LogP contribution in [0.5, 0.6) is 0 Å². The Balaban J connectivity index is 2.06. The van der Waals surface area contributed by atoms with E-state index in [1.165, 1.54) is 0 Å². The number of para-hydroxylation sites is 2. The van der Waals surface area contributed by atoms with Crippen LogP contribution in [0.25, 0.3) is 22.4 Å². The van der Waals surface area contributed by atoms with Crippen LogP contribution in [0.4, 0.5) is 0 Å². The van der Waals surface area contributed by atoms with Crippen molar-refractivity contribution in [3.8, 4) is 11.4 Å². The summed E-state index contributed by atoms with van der Waals surface area (Å²) in [5.74, 6) is 0. The molecule has 0 atom stereocenters. The van der Waals surface area contributed by atoms with E-state index in [-0.39, 0.29) is 0 Å². The molecule has 1 aliphatic carbocycles. The monoisotopic (exact) mass is 240 g/mol. The first kappa shape index (κ1) is 9.52. The van der Waals surface area contributed by atoms with E-state index in [0.717, 1.165) is 16.7 Å². The Kier molecular flexibility index (Phi) is 1.72. The van der Waals surface area contributed by atoms with E-state index in [2.05, 4.69) is 19.8 Å². The van der Waals surface area contributed by atoms with Gasteiger partial charge in [0.1, 0.15) is 5.69 Å². The zero-order valence-electron chi connectivity index (χ0n) is 9.33. The average molecular weight is 240 g/mol. The summed E-state index contributed by atoms with van der Waals surface area (Å²) < 4.78 is 4.63. The summed E-state index contributed by atoms with van der Waals surface area (Å²) in [5, 5.41) is 15.2. The van der Waals surface area contributed by atoms with Crippen molar-refractivity contribution in [3.05, 3.63) is 40.9 Å². The van der Waals surface area contributed by atoms with Gasteiger partial charge in [-0.2, -0.15) is 0 Å². The molecule has 0 aliphatic heterocycles.